The van der Waals surface area contributed by atoms with E-state index in [1.165, 1.54) is 11.5 Å². The molecule has 0 spiro atoms. The number of halogens is 1. The summed E-state index contributed by atoms with van der Waals surface area (Å²) in [6, 6.07) is 7.10. The van der Waals surface area contributed by atoms with Gasteiger partial charge in [-0.25, -0.2) is 4.98 Å². The lowest BCUT2D eigenvalue weighted by Crippen LogP contribution is -2.33. The van der Waals surface area contributed by atoms with Crippen LogP contribution in [0.15, 0.2) is 24.3 Å². The molecule has 1 fully saturated rings. The summed E-state index contributed by atoms with van der Waals surface area (Å²) in [5.74, 6) is 1.14. The fourth-order valence-corrected chi connectivity index (χ4v) is 3.34. The third-order valence-corrected chi connectivity index (χ3v) is 4.48. The quantitative estimate of drug-likeness (QED) is 0.927. The molecule has 1 aromatic heterocycles. The van der Waals surface area contributed by atoms with E-state index in [-0.39, 0.29) is 17.9 Å². The van der Waals surface area contributed by atoms with Gasteiger partial charge in [0.15, 0.2) is 0 Å². The van der Waals surface area contributed by atoms with Gasteiger partial charge in [-0.05, 0) is 24.6 Å². The van der Waals surface area contributed by atoms with Crippen molar-refractivity contribution in [3.05, 3.63) is 35.1 Å². The maximum atomic E-state index is 12.5. The van der Waals surface area contributed by atoms with Crippen LogP contribution in [0.5, 0.6) is 0 Å². The van der Waals surface area contributed by atoms with Crippen molar-refractivity contribution in [2.45, 2.75) is 32.2 Å². The summed E-state index contributed by atoms with van der Waals surface area (Å²) in [6.45, 7) is 4.77. The SMILES string of the molecule is CC(C)c1nsc(NC2CCN(c3cccc(Cl)c3)C2=O)n1. The van der Waals surface area contributed by atoms with Crippen molar-refractivity contribution in [3.63, 3.8) is 0 Å². The molecule has 1 aromatic carbocycles. The Labute approximate surface area is 138 Å². The van der Waals surface area contributed by atoms with Gasteiger partial charge in [-0.15, -0.1) is 0 Å². The highest BCUT2D eigenvalue weighted by Crippen LogP contribution is 2.26. The van der Waals surface area contributed by atoms with Crippen molar-refractivity contribution in [2.24, 2.45) is 0 Å². The zero-order valence-electron chi connectivity index (χ0n) is 12.4. The van der Waals surface area contributed by atoms with Gasteiger partial charge in [0.2, 0.25) is 11.0 Å². The van der Waals surface area contributed by atoms with E-state index in [4.69, 9.17) is 11.6 Å². The number of aromatic nitrogens is 2. The second kappa shape index (κ2) is 6.22. The molecule has 2 heterocycles. The van der Waals surface area contributed by atoms with E-state index < -0.39 is 0 Å². The molecule has 2 aromatic rings. The average Bonchev–Trinajstić information content (AvgIpc) is 3.08. The first-order chi connectivity index (χ1) is 10.5. The first kappa shape index (κ1) is 15.2. The number of nitrogens with zero attached hydrogens (tertiary/aromatic N) is 3. The number of benzene rings is 1. The van der Waals surface area contributed by atoms with Crippen molar-refractivity contribution in [2.75, 3.05) is 16.8 Å². The highest BCUT2D eigenvalue weighted by Gasteiger charge is 2.33. The van der Waals surface area contributed by atoms with E-state index >= 15 is 0 Å². The number of hydrogen-bond donors (Lipinski definition) is 1. The number of carbonyl (C=O) groups excluding carboxylic acids is 1. The molecule has 0 saturated carbocycles. The Morgan fingerprint density at radius 1 is 1.45 bits per heavy atom. The Balaban J connectivity index is 1.70. The Hall–Kier alpha value is -1.66. The van der Waals surface area contributed by atoms with Crippen LogP contribution in [-0.2, 0) is 4.79 Å². The van der Waals surface area contributed by atoms with Crippen LogP contribution >= 0.6 is 23.1 Å². The standard InChI is InChI=1S/C15H17ClN4OS/c1-9(2)13-18-15(22-19-13)17-12-6-7-20(14(12)21)11-5-3-4-10(16)8-11/h3-5,8-9,12H,6-7H2,1-2H3,(H,17,18,19). The molecule has 1 aliphatic rings. The number of nitrogens with one attached hydrogen (secondary N) is 1. The summed E-state index contributed by atoms with van der Waals surface area (Å²) in [5.41, 5.74) is 0.835. The van der Waals surface area contributed by atoms with Gasteiger partial charge in [0.1, 0.15) is 11.9 Å². The molecule has 116 valence electrons. The van der Waals surface area contributed by atoms with Gasteiger partial charge in [0.25, 0.3) is 0 Å². The van der Waals surface area contributed by atoms with E-state index in [0.717, 1.165) is 17.9 Å². The summed E-state index contributed by atoms with van der Waals surface area (Å²) >= 11 is 7.30. The number of rotatable bonds is 4. The summed E-state index contributed by atoms with van der Waals surface area (Å²) in [6.07, 6.45) is 0.738. The second-order valence-electron chi connectivity index (χ2n) is 5.57. The lowest BCUT2D eigenvalue weighted by Gasteiger charge is -2.17. The second-order valence-corrected chi connectivity index (χ2v) is 6.76. The maximum absolute atomic E-state index is 12.5. The van der Waals surface area contributed by atoms with Crippen molar-refractivity contribution in [1.29, 1.82) is 0 Å². The van der Waals surface area contributed by atoms with Gasteiger partial charge in [-0.1, -0.05) is 31.5 Å². The number of amides is 1. The summed E-state index contributed by atoms with van der Waals surface area (Å²) < 4.78 is 4.30. The molecule has 1 saturated heterocycles. The van der Waals surface area contributed by atoms with Crippen molar-refractivity contribution >= 4 is 39.9 Å². The van der Waals surface area contributed by atoms with Crippen LogP contribution in [0.3, 0.4) is 0 Å². The molecule has 0 radical (unpaired) electrons. The largest absolute Gasteiger partial charge is 0.348 e. The molecule has 1 amide bonds. The van der Waals surface area contributed by atoms with Crippen LogP contribution in [0.4, 0.5) is 10.8 Å². The maximum Gasteiger partial charge on any atom is 0.249 e. The molecule has 3 rings (SSSR count). The normalized spacial score (nSPS) is 18.3. The zero-order chi connectivity index (χ0) is 15.7. The van der Waals surface area contributed by atoms with Crippen LogP contribution in [0.25, 0.3) is 0 Å². The van der Waals surface area contributed by atoms with Gasteiger partial charge in [-0.3, -0.25) is 4.79 Å². The van der Waals surface area contributed by atoms with Crippen LogP contribution in [0, 0.1) is 0 Å². The van der Waals surface area contributed by atoms with Gasteiger partial charge < -0.3 is 10.2 Å². The number of carbonyl (C=O) groups is 1. The Morgan fingerprint density at radius 3 is 2.95 bits per heavy atom. The lowest BCUT2D eigenvalue weighted by molar-refractivity contribution is -0.117. The van der Waals surface area contributed by atoms with Crippen LogP contribution < -0.4 is 10.2 Å². The molecule has 1 unspecified atom stereocenters. The van der Waals surface area contributed by atoms with E-state index in [2.05, 4.69) is 14.7 Å². The predicted octanol–water partition coefficient (Wildman–Crippen LogP) is 3.53. The molecule has 0 bridgehead atoms. The van der Waals surface area contributed by atoms with Gasteiger partial charge in [-0.2, -0.15) is 4.37 Å². The van der Waals surface area contributed by atoms with Crippen molar-refractivity contribution < 1.29 is 4.79 Å². The molecular weight excluding hydrogens is 320 g/mol. The number of hydrogen-bond acceptors (Lipinski definition) is 5. The minimum atomic E-state index is -0.257. The minimum Gasteiger partial charge on any atom is -0.348 e. The number of anilines is 2. The Bertz CT molecular complexity index is 688. The average molecular weight is 337 g/mol. The molecule has 5 nitrogen and oxygen atoms in total. The fraction of sp³-hybridized carbons (Fsp3) is 0.400. The lowest BCUT2D eigenvalue weighted by atomic mass is 10.2. The van der Waals surface area contributed by atoms with Crippen LogP contribution in [0.1, 0.15) is 32.0 Å². The molecule has 1 aliphatic heterocycles. The fourth-order valence-electron chi connectivity index (χ4n) is 2.39. The zero-order valence-corrected chi connectivity index (χ0v) is 14.0. The van der Waals surface area contributed by atoms with E-state index in [1.54, 1.807) is 11.0 Å². The third kappa shape index (κ3) is 3.08. The summed E-state index contributed by atoms with van der Waals surface area (Å²) in [7, 11) is 0. The predicted molar refractivity (Wildman–Crippen MR) is 89.8 cm³/mol. The molecule has 22 heavy (non-hydrogen) atoms. The Kier molecular flexibility index (Phi) is 4.31. The molecule has 0 aliphatic carbocycles. The minimum absolute atomic E-state index is 0.0450. The van der Waals surface area contributed by atoms with Gasteiger partial charge >= 0.3 is 0 Å². The van der Waals surface area contributed by atoms with Crippen molar-refractivity contribution in [1.82, 2.24) is 9.36 Å². The van der Waals surface area contributed by atoms with Crippen molar-refractivity contribution in [3.8, 4) is 0 Å². The third-order valence-electron chi connectivity index (χ3n) is 3.58. The smallest absolute Gasteiger partial charge is 0.249 e. The van der Waals surface area contributed by atoms with E-state index in [0.29, 0.717) is 16.7 Å². The first-order valence-corrected chi connectivity index (χ1v) is 8.37. The van der Waals surface area contributed by atoms with Crippen LogP contribution in [-0.4, -0.2) is 27.9 Å². The monoisotopic (exact) mass is 336 g/mol. The van der Waals surface area contributed by atoms with E-state index in [9.17, 15) is 4.79 Å². The summed E-state index contributed by atoms with van der Waals surface area (Å²) in [4.78, 5) is 18.7. The molecular formula is C15H17ClN4OS. The van der Waals surface area contributed by atoms with Gasteiger partial charge in [0, 0.05) is 34.7 Å². The topological polar surface area (TPSA) is 58.1 Å². The molecule has 1 N–H and O–H groups in total. The van der Waals surface area contributed by atoms with Crippen LogP contribution in [0.2, 0.25) is 5.02 Å². The van der Waals surface area contributed by atoms with E-state index in [1.807, 2.05) is 32.0 Å². The molecule has 1 atom stereocenters. The first-order valence-electron chi connectivity index (χ1n) is 7.21. The molecule has 7 heteroatoms. The summed E-state index contributed by atoms with van der Waals surface area (Å²) in [5, 5.41) is 4.54. The Morgan fingerprint density at radius 2 is 2.27 bits per heavy atom. The highest BCUT2D eigenvalue weighted by atomic mass is 35.5. The highest BCUT2D eigenvalue weighted by molar-refractivity contribution is 7.09. The van der Waals surface area contributed by atoms with Gasteiger partial charge in [0.05, 0.1) is 0 Å².